The number of nitrogens with one attached hydrogen (secondary N) is 2. The lowest BCUT2D eigenvalue weighted by atomic mass is 10.1. The zero-order valence-corrected chi connectivity index (χ0v) is 15.7. The van der Waals surface area contributed by atoms with Gasteiger partial charge in [-0.2, -0.15) is 0 Å². The molecular weight excluding hydrogens is 360 g/mol. The number of benzene rings is 1. The fourth-order valence-corrected chi connectivity index (χ4v) is 4.24. The molecule has 0 aliphatic carbocycles. The van der Waals surface area contributed by atoms with Gasteiger partial charge in [0.1, 0.15) is 0 Å². The molecule has 1 fully saturated rings. The predicted molar refractivity (Wildman–Crippen MR) is 96.5 cm³/mol. The number of non-ortho nitro benzene ring substituents is 1. The first kappa shape index (κ1) is 20.1. The van der Waals surface area contributed by atoms with E-state index in [4.69, 9.17) is 0 Å². The Morgan fingerprint density at radius 2 is 2.12 bits per heavy atom. The minimum Gasteiger partial charge on any atom is -0.333 e. The van der Waals surface area contributed by atoms with Crippen LogP contribution in [0.3, 0.4) is 0 Å². The summed E-state index contributed by atoms with van der Waals surface area (Å²) < 4.78 is 27.7. The summed E-state index contributed by atoms with van der Waals surface area (Å²) in [7, 11) is -3.78. The number of hydrogen-bond donors (Lipinski definition) is 2. The Balaban J connectivity index is 2.05. The number of nitro groups is 1. The highest BCUT2D eigenvalue weighted by molar-refractivity contribution is 7.89. The van der Waals surface area contributed by atoms with E-state index in [0.717, 1.165) is 0 Å². The predicted octanol–water partition coefficient (Wildman–Crippen LogP) is 1.63. The van der Waals surface area contributed by atoms with E-state index >= 15 is 0 Å². The van der Waals surface area contributed by atoms with Crippen molar-refractivity contribution in [3.05, 3.63) is 33.9 Å². The van der Waals surface area contributed by atoms with Crippen molar-refractivity contribution in [2.24, 2.45) is 0 Å². The molecule has 26 heavy (non-hydrogen) atoms. The Kier molecular flexibility index (Phi) is 6.54. The lowest BCUT2D eigenvalue weighted by Crippen LogP contribution is -2.33. The van der Waals surface area contributed by atoms with Crippen molar-refractivity contribution in [2.45, 2.75) is 44.0 Å². The molecule has 1 aliphatic heterocycles. The molecule has 1 saturated heterocycles. The van der Waals surface area contributed by atoms with Crippen LogP contribution in [0.1, 0.15) is 32.3 Å². The van der Waals surface area contributed by atoms with Crippen LogP contribution in [0.4, 0.5) is 10.5 Å². The molecule has 1 aromatic rings. The van der Waals surface area contributed by atoms with E-state index in [1.165, 1.54) is 18.2 Å². The van der Waals surface area contributed by atoms with Crippen molar-refractivity contribution >= 4 is 21.7 Å². The summed E-state index contributed by atoms with van der Waals surface area (Å²) in [6.07, 6.45) is 1.57. The summed E-state index contributed by atoms with van der Waals surface area (Å²) >= 11 is 0. The van der Waals surface area contributed by atoms with Gasteiger partial charge in [0.05, 0.1) is 9.82 Å². The van der Waals surface area contributed by atoms with E-state index in [2.05, 4.69) is 10.0 Å². The van der Waals surface area contributed by atoms with Crippen LogP contribution in [0.15, 0.2) is 23.1 Å². The number of aryl methyl sites for hydroxylation is 1. The van der Waals surface area contributed by atoms with Crippen LogP contribution in [0.5, 0.6) is 0 Å². The van der Waals surface area contributed by atoms with Gasteiger partial charge in [-0.15, -0.1) is 0 Å². The van der Waals surface area contributed by atoms with Crippen LogP contribution < -0.4 is 10.0 Å². The summed E-state index contributed by atoms with van der Waals surface area (Å²) in [4.78, 5) is 23.7. The van der Waals surface area contributed by atoms with Gasteiger partial charge in [-0.3, -0.25) is 10.1 Å². The van der Waals surface area contributed by atoms with E-state index in [1.54, 1.807) is 4.90 Å². The quantitative estimate of drug-likeness (QED) is 0.495. The molecule has 10 heteroatoms. The topological polar surface area (TPSA) is 122 Å². The van der Waals surface area contributed by atoms with Gasteiger partial charge in [0.15, 0.2) is 0 Å². The van der Waals surface area contributed by atoms with Crippen LogP contribution in [0.2, 0.25) is 0 Å². The largest absolute Gasteiger partial charge is 0.333 e. The number of carbonyl (C=O) groups is 1. The second-order valence-corrected chi connectivity index (χ2v) is 7.91. The fraction of sp³-hybridized carbons (Fsp3) is 0.562. The molecule has 0 aromatic heterocycles. The molecule has 0 spiro atoms. The third kappa shape index (κ3) is 4.70. The third-order valence-corrected chi connectivity index (χ3v) is 5.85. The van der Waals surface area contributed by atoms with Gasteiger partial charge in [0.25, 0.3) is 5.69 Å². The molecule has 0 radical (unpaired) electrons. The lowest BCUT2D eigenvalue weighted by molar-refractivity contribution is -0.385. The summed E-state index contributed by atoms with van der Waals surface area (Å²) in [5.41, 5.74) is 0.307. The average Bonchev–Trinajstić information content (AvgIpc) is 2.94. The molecule has 9 nitrogen and oxygen atoms in total. The molecular formula is C16H24N4O5S. The van der Waals surface area contributed by atoms with Crippen LogP contribution in [-0.2, 0) is 16.4 Å². The van der Waals surface area contributed by atoms with Crippen LogP contribution in [0, 0.1) is 10.1 Å². The monoisotopic (exact) mass is 384 g/mol. The molecule has 2 amide bonds. The minimum atomic E-state index is -3.78. The Morgan fingerprint density at radius 3 is 2.69 bits per heavy atom. The van der Waals surface area contributed by atoms with E-state index in [1.807, 2.05) is 13.8 Å². The summed E-state index contributed by atoms with van der Waals surface area (Å²) in [6, 6.07) is 3.55. The molecule has 2 N–H and O–H groups in total. The number of carbonyl (C=O) groups excluding carboxylic acids is 1. The standard InChI is InChI=1S/C16H24N4O5S/c1-3-5-12-10-14(20(22)23)6-7-15(12)26(24,25)17-9-8-13-11-19(4-2)16(21)18-13/h6-7,10,13,17H,3-5,8-9,11H2,1-2H3,(H,18,21). The molecule has 1 aromatic carbocycles. The van der Waals surface area contributed by atoms with Gasteiger partial charge in [-0.1, -0.05) is 13.3 Å². The van der Waals surface area contributed by atoms with Crippen molar-refractivity contribution in [3.63, 3.8) is 0 Å². The highest BCUT2D eigenvalue weighted by Gasteiger charge is 2.27. The van der Waals surface area contributed by atoms with Gasteiger partial charge >= 0.3 is 6.03 Å². The summed E-state index contributed by atoms with van der Waals surface area (Å²) in [5, 5.41) is 13.7. The number of nitrogens with zero attached hydrogens (tertiary/aromatic N) is 2. The van der Waals surface area contributed by atoms with Gasteiger partial charge in [-0.05, 0) is 31.4 Å². The van der Waals surface area contributed by atoms with E-state index < -0.39 is 14.9 Å². The molecule has 1 atom stereocenters. The number of sulfonamides is 1. The van der Waals surface area contributed by atoms with E-state index in [-0.39, 0.29) is 29.2 Å². The molecule has 1 unspecified atom stereocenters. The van der Waals surface area contributed by atoms with Crippen molar-refractivity contribution in [2.75, 3.05) is 19.6 Å². The highest BCUT2D eigenvalue weighted by Crippen LogP contribution is 2.23. The van der Waals surface area contributed by atoms with Crippen molar-refractivity contribution in [3.8, 4) is 0 Å². The van der Waals surface area contributed by atoms with E-state index in [9.17, 15) is 23.3 Å². The number of hydrogen-bond acceptors (Lipinski definition) is 5. The third-order valence-electron chi connectivity index (χ3n) is 4.29. The Bertz CT molecular complexity index is 781. The Morgan fingerprint density at radius 1 is 1.38 bits per heavy atom. The van der Waals surface area contributed by atoms with Gasteiger partial charge in [-0.25, -0.2) is 17.9 Å². The first-order valence-electron chi connectivity index (χ1n) is 8.61. The molecule has 144 valence electrons. The zero-order valence-electron chi connectivity index (χ0n) is 14.9. The molecule has 1 heterocycles. The Labute approximate surface area is 153 Å². The van der Waals surface area contributed by atoms with Crippen molar-refractivity contribution < 1.29 is 18.1 Å². The Hall–Kier alpha value is -2.20. The fourth-order valence-electron chi connectivity index (χ4n) is 2.95. The number of nitro benzene ring substituents is 1. The number of likely N-dealkylation sites (N-methyl/N-ethyl adjacent to an activating group) is 1. The SMILES string of the molecule is CCCc1cc([N+](=O)[O-])ccc1S(=O)(=O)NCCC1CN(CC)C(=O)N1. The lowest BCUT2D eigenvalue weighted by Gasteiger charge is -2.13. The van der Waals surface area contributed by atoms with E-state index in [0.29, 0.717) is 37.9 Å². The van der Waals surface area contributed by atoms with Crippen molar-refractivity contribution in [1.29, 1.82) is 0 Å². The van der Waals surface area contributed by atoms with Gasteiger partial charge in [0.2, 0.25) is 10.0 Å². The minimum absolute atomic E-state index is 0.0654. The number of urea groups is 1. The number of rotatable bonds is 9. The summed E-state index contributed by atoms with van der Waals surface area (Å²) in [6.45, 7) is 5.10. The maximum absolute atomic E-state index is 12.6. The first-order chi connectivity index (χ1) is 12.3. The smallest absolute Gasteiger partial charge is 0.317 e. The molecule has 0 bridgehead atoms. The maximum atomic E-state index is 12.6. The highest BCUT2D eigenvalue weighted by atomic mass is 32.2. The molecule has 1 aliphatic rings. The normalized spacial score (nSPS) is 17.4. The van der Waals surface area contributed by atoms with Crippen molar-refractivity contribution in [1.82, 2.24) is 14.9 Å². The van der Waals surface area contributed by atoms with Gasteiger partial charge in [0, 0.05) is 37.8 Å². The molecule has 0 saturated carbocycles. The van der Waals surface area contributed by atoms with Crippen LogP contribution >= 0.6 is 0 Å². The molecule has 2 rings (SSSR count). The zero-order chi connectivity index (χ0) is 19.3. The van der Waals surface area contributed by atoms with Gasteiger partial charge < -0.3 is 10.2 Å². The number of amides is 2. The maximum Gasteiger partial charge on any atom is 0.317 e. The van der Waals surface area contributed by atoms with Crippen LogP contribution in [0.25, 0.3) is 0 Å². The first-order valence-corrected chi connectivity index (χ1v) is 10.1. The average molecular weight is 384 g/mol. The summed E-state index contributed by atoms with van der Waals surface area (Å²) in [5.74, 6) is 0. The van der Waals surface area contributed by atoms with Crippen LogP contribution in [-0.4, -0.2) is 49.9 Å². The second-order valence-electron chi connectivity index (χ2n) is 6.17. The second kappa shape index (κ2) is 8.45.